The molecule has 0 unspecified atom stereocenters. The number of aromatic nitrogens is 1. The molecule has 0 bridgehead atoms. The smallest absolute Gasteiger partial charge is 0.345 e. The summed E-state index contributed by atoms with van der Waals surface area (Å²) in [5.41, 5.74) is 1.92. The number of carboxylic acids is 1. The molecular weight excluding hydrogens is 352 g/mol. The van der Waals surface area contributed by atoms with Crippen LogP contribution in [0.1, 0.15) is 38.5 Å². The fourth-order valence-electron chi connectivity index (χ4n) is 3.94. The normalized spacial score (nSPS) is 19.3. The molecule has 1 spiro atoms. The summed E-state index contributed by atoms with van der Waals surface area (Å²) in [5, 5.41) is 9.32. The molecule has 0 amide bonds. The van der Waals surface area contributed by atoms with E-state index >= 15 is 0 Å². The second-order valence-electron chi connectivity index (χ2n) is 6.81. The summed E-state index contributed by atoms with van der Waals surface area (Å²) in [4.78, 5) is 19.5. The van der Waals surface area contributed by atoms with Crippen molar-refractivity contribution in [1.29, 1.82) is 0 Å². The van der Waals surface area contributed by atoms with Crippen molar-refractivity contribution in [3.63, 3.8) is 0 Å². The first-order valence-electron chi connectivity index (χ1n) is 8.82. The van der Waals surface area contributed by atoms with Crippen LogP contribution in [0, 0.1) is 0 Å². The van der Waals surface area contributed by atoms with Gasteiger partial charge in [-0.1, -0.05) is 6.07 Å². The van der Waals surface area contributed by atoms with Gasteiger partial charge in [-0.15, -0.1) is 11.3 Å². The van der Waals surface area contributed by atoms with E-state index in [2.05, 4.69) is 9.88 Å². The number of nitrogens with zero attached hydrogens (tertiary/aromatic N) is 2. The van der Waals surface area contributed by atoms with Crippen molar-refractivity contribution >= 4 is 17.3 Å². The number of methoxy groups -OCH3 is 1. The fraction of sp³-hybridized carbons (Fsp3) is 0.474. The Labute approximate surface area is 156 Å². The van der Waals surface area contributed by atoms with E-state index in [1.54, 1.807) is 13.3 Å². The zero-order valence-electron chi connectivity index (χ0n) is 14.7. The number of piperidine rings is 1. The minimum Gasteiger partial charge on any atom is -0.481 e. The quantitative estimate of drug-likeness (QED) is 0.887. The van der Waals surface area contributed by atoms with Crippen molar-refractivity contribution in [2.24, 2.45) is 0 Å². The van der Waals surface area contributed by atoms with E-state index in [0.717, 1.165) is 54.9 Å². The molecule has 26 heavy (non-hydrogen) atoms. The number of likely N-dealkylation sites (tertiary alicyclic amines) is 1. The monoisotopic (exact) mass is 374 g/mol. The first-order chi connectivity index (χ1) is 12.6. The van der Waals surface area contributed by atoms with E-state index < -0.39 is 5.97 Å². The van der Waals surface area contributed by atoms with E-state index in [1.807, 2.05) is 18.2 Å². The van der Waals surface area contributed by atoms with E-state index in [-0.39, 0.29) is 5.60 Å². The van der Waals surface area contributed by atoms with E-state index in [1.165, 1.54) is 11.3 Å². The van der Waals surface area contributed by atoms with Crippen molar-refractivity contribution in [2.45, 2.75) is 31.4 Å². The van der Waals surface area contributed by atoms with Crippen LogP contribution in [-0.2, 0) is 23.3 Å². The lowest BCUT2D eigenvalue weighted by Crippen LogP contribution is -2.45. The SMILES string of the molecule is COc1ncccc1CN1CCC2(CC1)OCCc1cc(C(=O)O)sc12. The zero-order chi connectivity index (χ0) is 18.1. The van der Waals surface area contributed by atoms with Gasteiger partial charge in [0.15, 0.2) is 0 Å². The maximum atomic E-state index is 11.3. The molecule has 2 aliphatic heterocycles. The Kier molecular flexibility index (Phi) is 4.69. The molecule has 6 nitrogen and oxygen atoms in total. The molecule has 0 saturated carbocycles. The van der Waals surface area contributed by atoms with Crippen molar-refractivity contribution < 1.29 is 19.4 Å². The Morgan fingerprint density at radius 1 is 1.46 bits per heavy atom. The maximum absolute atomic E-state index is 11.3. The number of rotatable bonds is 4. The summed E-state index contributed by atoms with van der Waals surface area (Å²) >= 11 is 1.39. The predicted octanol–water partition coefficient (Wildman–Crippen LogP) is 2.91. The third kappa shape index (κ3) is 3.11. The molecule has 7 heteroatoms. The van der Waals surface area contributed by atoms with Crippen LogP contribution in [0.2, 0.25) is 0 Å². The van der Waals surface area contributed by atoms with Gasteiger partial charge in [0.05, 0.1) is 13.7 Å². The molecule has 0 atom stereocenters. The van der Waals surface area contributed by atoms with Crippen LogP contribution in [-0.4, -0.2) is 47.8 Å². The number of aromatic carboxylic acids is 1. The molecule has 0 aromatic carbocycles. The Hall–Kier alpha value is -1.96. The largest absolute Gasteiger partial charge is 0.481 e. The molecule has 4 heterocycles. The van der Waals surface area contributed by atoms with Crippen molar-refractivity contribution in [2.75, 3.05) is 26.8 Å². The number of fused-ring (bicyclic) bond motifs is 2. The Bertz CT molecular complexity index is 812. The minimum atomic E-state index is -0.847. The number of carboxylic acid groups (broad SMARTS) is 1. The molecule has 1 saturated heterocycles. The number of hydrogen-bond donors (Lipinski definition) is 1. The van der Waals surface area contributed by atoms with Crippen molar-refractivity contribution in [3.05, 3.63) is 45.3 Å². The van der Waals surface area contributed by atoms with Gasteiger partial charge in [-0.05, 0) is 37.0 Å². The first-order valence-corrected chi connectivity index (χ1v) is 9.64. The van der Waals surface area contributed by atoms with E-state index in [0.29, 0.717) is 17.4 Å². The van der Waals surface area contributed by atoms with Gasteiger partial charge < -0.3 is 14.6 Å². The summed E-state index contributed by atoms with van der Waals surface area (Å²) in [6, 6.07) is 5.81. The highest BCUT2D eigenvalue weighted by atomic mass is 32.1. The lowest BCUT2D eigenvalue weighted by atomic mass is 9.85. The standard InChI is InChI=1S/C19H22N2O4S/c1-24-17-14(3-2-7-20-17)12-21-8-5-19(6-9-21)16-13(4-10-25-19)11-15(26-16)18(22)23/h2-3,7,11H,4-6,8-10,12H2,1H3,(H,22,23). The lowest BCUT2D eigenvalue weighted by molar-refractivity contribution is -0.0961. The van der Waals surface area contributed by atoms with Gasteiger partial charge in [-0.25, -0.2) is 9.78 Å². The van der Waals surface area contributed by atoms with Gasteiger partial charge in [0.2, 0.25) is 5.88 Å². The number of thiophene rings is 1. The van der Waals surface area contributed by atoms with Crippen LogP contribution in [0.25, 0.3) is 0 Å². The number of pyridine rings is 1. The number of ether oxygens (including phenoxy) is 2. The summed E-state index contributed by atoms with van der Waals surface area (Å²) in [5.74, 6) is -0.172. The highest BCUT2D eigenvalue weighted by Gasteiger charge is 2.42. The maximum Gasteiger partial charge on any atom is 0.345 e. The van der Waals surface area contributed by atoms with Crippen LogP contribution in [0.3, 0.4) is 0 Å². The van der Waals surface area contributed by atoms with Gasteiger partial charge in [0.1, 0.15) is 10.5 Å². The molecule has 0 radical (unpaired) electrons. The van der Waals surface area contributed by atoms with Gasteiger partial charge in [-0.2, -0.15) is 0 Å². The van der Waals surface area contributed by atoms with Gasteiger partial charge in [-0.3, -0.25) is 4.90 Å². The predicted molar refractivity (Wildman–Crippen MR) is 97.9 cm³/mol. The van der Waals surface area contributed by atoms with Gasteiger partial charge in [0.25, 0.3) is 0 Å². The molecule has 0 aliphatic carbocycles. The van der Waals surface area contributed by atoms with Crippen LogP contribution in [0.4, 0.5) is 0 Å². The first kappa shape index (κ1) is 17.5. The fourth-order valence-corrected chi connectivity index (χ4v) is 5.19. The van der Waals surface area contributed by atoms with Crippen LogP contribution in [0.5, 0.6) is 5.88 Å². The van der Waals surface area contributed by atoms with Crippen LogP contribution < -0.4 is 4.74 Å². The van der Waals surface area contributed by atoms with E-state index in [9.17, 15) is 9.90 Å². The van der Waals surface area contributed by atoms with E-state index in [4.69, 9.17) is 9.47 Å². The minimum absolute atomic E-state index is 0.318. The zero-order valence-corrected chi connectivity index (χ0v) is 15.6. The topological polar surface area (TPSA) is 71.9 Å². The third-order valence-corrected chi connectivity index (χ3v) is 6.64. The second kappa shape index (κ2) is 6.98. The van der Waals surface area contributed by atoms with Crippen molar-refractivity contribution in [3.8, 4) is 5.88 Å². The molecule has 2 aromatic rings. The second-order valence-corrected chi connectivity index (χ2v) is 7.86. The third-order valence-electron chi connectivity index (χ3n) is 5.28. The summed E-state index contributed by atoms with van der Waals surface area (Å²) in [6.07, 6.45) is 4.30. The highest BCUT2D eigenvalue weighted by molar-refractivity contribution is 7.14. The van der Waals surface area contributed by atoms with Crippen LogP contribution in [0.15, 0.2) is 24.4 Å². The Morgan fingerprint density at radius 2 is 2.27 bits per heavy atom. The summed E-state index contributed by atoms with van der Waals surface area (Å²) in [6.45, 7) is 3.26. The summed E-state index contributed by atoms with van der Waals surface area (Å²) in [7, 11) is 1.64. The Morgan fingerprint density at radius 3 is 3.00 bits per heavy atom. The molecule has 1 fully saturated rings. The molecule has 138 valence electrons. The lowest BCUT2D eigenvalue weighted by Gasteiger charge is -2.43. The Balaban J connectivity index is 1.49. The molecule has 2 aliphatic rings. The van der Waals surface area contributed by atoms with Gasteiger partial charge in [0, 0.05) is 36.3 Å². The molecule has 1 N–H and O–H groups in total. The summed E-state index contributed by atoms with van der Waals surface area (Å²) < 4.78 is 11.6. The number of carbonyl (C=O) groups is 1. The van der Waals surface area contributed by atoms with Gasteiger partial charge >= 0.3 is 5.97 Å². The molecule has 2 aromatic heterocycles. The number of hydrogen-bond acceptors (Lipinski definition) is 6. The average molecular weight is 374 g/mol. The highest BCUT2D eigenvalue weighted by Crippen LogP contribution is 2.45. The van der Waals surface area contributed by atoms with Crippen molar-refractivity contribution in [1.82, 2.24) is 9.88 Å². The average Bonchev–Trinajstić information content (AvgIpc) is 3.11. The molecule has 4 rings (SSSR count). The molecular formula is C19H22N2O4S. The van der Waals surface area contributed by atoms with Crippen LogP contribution >= 0.6 is 11.3 Å².